The van der Waals surface area contributed by atoms with Gasteiger partial charge >= 0.3 is 5.97 Å². The molecule has 0 amide bonds. The van der Waals surface area contributed by atoms with Gasteiger partial charge < -0.3 is 14.0 Å². The molecule has 2 heterocycles. The van der Waals surface area contributed by atoms with E-state index in [-0.39, 0.29) is 17.6 Å². The van der Waals surface area contributed by atoms with E-state index in [1.54, 1.807) is 25.4 Å². The van der Waals surface area contributed by atoms with E-state index >= 15 is 0 Å². The smallest absolute Gasteiger partial charge is 0.343 e. The van der Waals surface area contributed by atoms with Crippen molar-refractivity contribution in [1.29, 1.82) is 0 Å². The Morgan fingerprint density at radius 2 is 2.00 bits per heavy atom. The van der Waals surface area contributed by atoms with Crippen molar-refractivity contribution >= 4 is 16.9 Å². The van der Waals surface area contributed by atoms with Gasteiger partial charge in [-0.15, -0.1) is 0 Å². The van der Waals surface area contributed by atoms with Gasteiger partial charge in [-0.25, -0.2) is 4.79 Å². The zero-order chi connectivity index (χ0) is 19.2. The van der Waals surface area contributed by atoms with Gasteiger partial charge in [-0.05, 0) is 42.3 Å². The molecule has 6 nitrogen and oxygen atoms in total. The van der Waals surface area contributed by atoms with Gasteiger partial charge in [0.05, 0.1) is 24.9 Å². The third-order valence-electron chi connectivity index (χ3n) is 4.16. The average Bonchev–Trinajstić information content (AvgIpc) is 2.70. The molecular formula is C21H20N2O4. The molecule has 27 heavy (non-hydrogen) atoms. The van der Waals surface area contributed by atoms with E-state index in [1.165, 1.54) is 12.5 Å². The van der Waals surface area contributed by atoms with Crippen LogP contribution in [0.2, 0.25) is 0 Å². The minimum absolute atomic E-state index is 0.0135. The van der Waals surface area contributed by atoms with Crippen LogP contribution in [0.15, 0.2) is 66.6 Å². The molecule has 0 atom stereocenters. The number of pyridine rings is 2. The first-order valence-electron chi connectivity index (χ1n) is 8.63. The summed E-state index contributed by atoms with van der Waals surface area (Å²) in [4.78, 5) is 29.0. The van der Waals surface area contributed by atoms with E-state index in [9.17, 15) is 9.59 Å². The fourth-order valence-electron chi connectivity index (χ4n) is 2.89. The SMILES string of the molecule is C=COCCn1cc(C(=O)OCC)c(=O)c2ccc(-c3ccncc3)cc21. The number of carbonyl (C=O) groups excluding carboxylic acids is 1. The Balaban J connectivity index is 2.17. The zero-order valence-corrected chi connectivity index (χ0v) is 15.1. The number of esters is 1. The molecular weight excluding hydrogens is 344 g/mol. The van der Waals surface area contributed by atoms with Crippen molar-refractivity contribution in [1.82, 2.24) is 9.55 Å². The highest BCUT2D eigenvalue weighted by molar-refractivity contribution is 5.94. The van der Waals surface area contributed by atoms with Crippen LogP contribution in [0.1, 0.15) is 17.3 Å². The van der Waals surface area contributed by atoms with E-state index in [1.807, 2.05) is 28.8 Å². The van der Waals surface area contributed by atoms with Gasteiger partial charge in [0.2, 0.25) is 5.43 Å². The second-order valence-electron chi connectivity index (χ2n) is 5.79. The minimum Gasteiger partial charge on any atom is -0.500 e. The van der Waals surface area contributed by atoms with Crippen LogP contribution < -0.4 is 5.43 Å². The Kier molecular flexibility index (Phi) is 5.66. The largest absolute Gasteiger partial charge is 0.500 e. The molecule has 0 saturated carbocycles. The molecule has 3 aromatic rings. The molecule has 0 N–H and O–H groups in total. The van der Waals surface area contributed by atoms with E-state index in [0.717, 1.165) is 16.6 Å². The van der Waals surface area contributed by atoms with Crippen LogP contribution in [0.3, 0.4) is 0 Å². The second-order valence-corrected chi connectivity index (χ2v) is 5.79. The molecule has 0 spiro atoms. The second kappa shape index (κ2) is 8.31. The summed E-state index contributed by atoms with van der Waals surface area (Å²) in [5, 5.41) is 0.456. The Morgan fingerprint density at radius 3 is 2.70 bits per heavy atom. The summed E-state index contributed by atoms with van der Waals surface area (Å²) in [6.07, 6.45) is 6.33. The molecule has 138 valence electrons. The summed E-state index contributed by atoms with van der Waals surface area (Å²) in [6, 6.07) is 9.32. The Morgan fingerprint density at radius 1 is 1.22 bits per heavy atom. The number of aromatic nitrogens is 2. The molecule has 0 aliphatic rings. The number of carbonyl (C=O) groups is 1. The monoisotopic (exact) mass is 364 g/mol. The average molecular weight is 364 g/mol. The van der Waals surface area contributed by atoms with Crippen LogP contribution in [0.5, 0.6) is 0 Å². The van der Waals surface area contributed by atoms with E-state index in [0.29, 0.717) is 18.5 Å². The molecule has 0 radical (unpaired) electrons. The number of ether oxygens (including phenoxy) is 2. The fourth-order valence-corrected chi connectivity index (χ4v) is 2.89. The first kappa shape index (κ1) is 18.4. The predicted molar refractivity (Wildman–Crippen MR) is 104 cm³/mol. The van der Waals surface area contributed by atoms with Gasteiger partial charge in [-0.2, -0.15) is 0 Å². The lowest BCUT2D eigenvalue weighted by atomic mass is 10.0. The van der Waals surface area contributed by atoms with Crippen LogP contribution in [-0.2, 0) is 16.0 Å². The number of benzene rings is 1. The minimum atomic E-state index is -0.624. The molecule has 3 rings (SSSR count). The van der Waals surface area contributed by atoms with E-state index in [2.05, 4.69) is 11.6 Å². The van der Waals surface area contributed by atoms with Gasteiger partial charge in [0.25, 0.3) is 0 Å². The van der Waals surface area contributed by atoms with Crippen molar-refractivity contribution in [2.75, 3.05) is 13.2 Å². The highest BCUT2D eigenvalue weighted by atomic mass is 16.5. The van der Waals surface area contributed by atoms with E-state index in [4.69, 9.17) is 9.47 Å². The van der Waals surface area contributed by atoms with Crippen molar-refractivity contribution in [3.63, 3.8) is 0 Å². The molecule has 0 bridgehead atoms. The van der Waals surface area contributed by atoms with Crippen molar-refractivity contribution in [2.45, 2.75) is 13.5 Å². The molecule has 0 fully saturated rings. The van der Waals surface area contributed by atoms with Crippen molar-refractivity contribution in [3.05, 3.63) is 77.6 Å². The Bertz CT molecular complexity index is 1030. The maximum absolute atomic E-state index is 12.8. The molecule has 0 saturated heterocycles. The zero-order valence-electron chi connectivity index (χ0n) is 15.1. The molecule has 0 unspecified atom stereocenters. The van der Waals surface area contributed by atoms with E-state index < -0.39 is 5.97 Å². The lowest BCUT2D eigenvalue weighted by Crippen LogP contribution is -2.21. The maximum atomic E-state index is 12.8. The number of hydrogen-bond donors (Lipinski definition) is 0. The summed E-state index contributed by atoms with van der Waals surface area (Å²) < 4.78 is 12.1. The number of nitrogens with zero attached hydrogens (tertiary/aromatic N) is 2. The van der Waals surface area contributed by atoms with Gasteiger partial charge in [0, 0.05) is 24.0 Å². The topological polar surface area (TPSA) is 70.4 Å². The summed E-state index contributed by atoms with van der Waals surface area (Å²) in [5.41, 5.74) is 2.33. The first-order chi connectivity index (χ1) is 13.2. The Labute approximate surface area is 156 Å². The highest BCUT2D eigenvalue weighted by Gasteiger charge is 2.17. The van der Waals surface area contributed by atoms with Crippen LogP contribution in [0.4, 0.5) is 0 Å². The third-order valence-corrected chi connectivity index (χ3v) is 4.16. The van der Waals surface area contributed by atoms with Crippen LogP contribution >= 0.6 is 0 Å². The summed E-state index contributed by atoms with van der Waals surface area (Å²) in [5.74, 6) is -0.624. The van der Waals surface area contributed by atoms with Crippen LogP contribution in [-0.4, -0.2) is 28.7 Å². The third kappa shape index (κ3) is 3.89. The van der Waals surface area contributed by atoms with Gasteiger partial charge in [-0.1, -0.05) is 12.6 Å². The first-order valence-corrected chi connectivity index (χ1v) is 8.63. The van der Waals surface area contributed by atoms with Crippen molar-refractivity contribution < 1.29 is 14.3 Å². The van der Waals surface area contributed by atoms with Crippen LogP contribution in [0, 0.1) is 0 Å². The lowest BCUT2D eigenvalue weighted by molar-refractivity contribution is 0.0524. The molecule has 0 aliphatic heterocycles. The summed E-state index contributed by atoms with van der Waals surface area (Å²) in [6.45, 7) is 6.26. The van der Waals surface area contributed by atoms with Gasteiger partial charge in [-0.3, -0.25) is 9.78 Å². The molecule has 1 aromatic carbocycles. The summed E-state index contributed by atoms with van der Waals surface area (Å²) in [7, 11) is 0. The van der Waals surface area contributed by atoms with Crippen molar-refractivity contribution in [3.8, 4) is 11.1 Å². The van der Waals surface area contributed by atoms with Crippen LogP contribution in [0.25, 0.3) is 22.0 Å². The van der Waals surface area contributed by atoms with Crippen molar-refractivity contribution in [2.24, 2.45) is 0 Å². The molecule has 0 aliphatic carbocycles. The predicted octanol–water partition coefficient (Wildman–Crippen LogP) is 3.40. The highest BCUT2D eigenvalue weighted by Crippen LogP contribution is 2.23. The number of fused-ring (bicyclic) bond motifs is 1. The number of hydrogen-bond acceptors (Lipinski definition) is 5. The normalized spacial score (nSPS) is 10.6. The van der Waals surface area contributed by atoms with Gasteiger partial charge in [0.15, 0.2) is 0 Å². The quantitative estimate of drug-likeness (QED) is 0.365. The number of rotatable bonds is 7. The Hall–Kier alpha value is -3.41. The fraction of sp³-hybridized carbons (Fsp3) is 0.190. The lowest BCUT2D eigenvalue weighted by Gasteiger charge is -2.14. The van der Waals surface area contributed by atoms with Gasteiger partial charge in [0.1, 0.15) is 12.2 Å². The molecule has 6 heteroatoms. The molecule has 2 aromatic heterocycles. The summed E-state index contributed by atoms with van der Waals surface area (Å²) >= 11 is 0. The maximum Gasteiger partial charge on any atom is 0.343 e. The standard InChI is InChI=1S/C21H20N2O4/c1-3-26-12-11-23-14-18(21(25)27-4-2)20(24)17-6-5-16(13-19(17)23)15-7-9-22-10-8-15/h3,5-10,13-14H,1,4,11-12H2,2H3.